The van der Waals surface area contributed by atoms with Crippen LogP contribution in [0.3, 0.4) is 0 Å². The SMILES string of the molecule is CC(C)CC(N=C=O)c1csc(OCC=C=O)n1. The minimum absolute atomic E-state index is 0.141. The molecule has 0 aliphatic carbocycles. The first kappa shape index (κ1) is 14.3. The maximum absolute atomic E-state index is 10.4. The molecule has 5 nitrogen and oxygen atoms in total. The molecule has 1 unspecified atom stereocenters. The zero-order valence-electron chi connectivity index (χ0n) is 10.3. The highest BCUT2D eigenvalue weighted by Gasteiger charge is 2.16. The van der Waals surface area contributed by atoms with Crippen LogP contribution in [0.2, 0.25) is 0 Å². The maximum Gasteiger partial charge on any atom is 0.273 e. The first-order valence-corrected chi connectivity index (χ1v) is 6.40. The lowest BCUT2D eigenvalue weighted by Crippen LogP contribution is -2.01. The molecule has 0 N–H and O–H groups in total. The molecule has 0 saturated heterocycles. The highest BCUT2D eigenvalue weighted by atomic mass is 32.1. The topological polar surface area (TPSA) is 68.6 Å². The molecule has 0 fully saturated rings. The van der Waals surface area contributed by atoms with E-state index in [9.17, 15) is 9.59 Å². The Balaban J connectivity index is 2.73. The summed E-state index contributed by atoms with van der Waals surface area (Å²) in [6, 6.07) is -0.280. The molecule has 1 aromatic heterocycles. The number of nitrogens with zero attached hydrogens (tertiary/aromatic N) is 2. The zero-order valence-corrected chi connectivity index (χ0v) is 11.1. The second-order valence-corrected chi connectivity index (χ2v) is 4.86. The summed E-state index contributed by atoms with van der Waals surface area (Å²) in [6.45, 7) is 4.24. The number of aliphatic imine (C=N–C) groups is 1. The average molecular weight is 266 g/mol. The molecule has 1 atom stereocenters. The third-order valence-electron chi connectivity index (χ3n) is 2.12. The Labute approximate surface area is 109 Å². The predicted octanol–water partition coefficient (Wildman–Crippen LogP) is 2.33. The molecular weight excluding hydrogens is 252 g/mol. The van der Waals surface area contributed by atoms with Crippen molar-refractivity contribution >= 4 is 23.4 Å². The fraction of sp³-hybridized carbons (Fsp3) is 0.500. The molecule has 96 valence electrons. The van der Waals surface area contributed by atoms with Crippen molar-refractivity contribution in [1.29, 1.82) is 0 Å². The number of hydrogen-bond acceptors (Lipinski definition) is 6. The molecule has 0 spiro atoms. The van der Waals surface area contributed by atoms with Gasteiger partial charge in [-0.25, -0.2) is 14.6 Å². The van der Waals surface area contributed by atoms with Crippen molar-refractivity contribution in [2.75, 3.05) is 6.61 Å². The number of aromatic nitrogens is 1. The molecule has 1 aromatic rings. The van der Waals surface area contributed by atoms with E-state index < -0.39 is 0 Å². The lowest BCUT2D eigenvalue weighted by molar-refractivity contribution is 0.358. The van der Waals surface area contributed by atoms with E-state index in [4.69, 9.17) is 4.74 Å². The van der Waals surface area contributed by atoms with Gasteiger partial charge in [0.15, 0.2) is 0 Å². The van der Waals surface area contributed by atoms with Crippen molar-refractivity contribution in [2.24, 2.45) is 10.9 Å². The Bertz CT molecular complexity index is 471. The van der Waals surface area contributed by atoms with Gasteiger partial charge in [-0.3, -0.25) is 0 Å². The third-order valence-corrected chi connectivity index (χ3v) is 2.89. The number of carbonyl (C=O) groups excluding carboxylic acids is 2. The molecular formula is C12H14N2O3S. The number of hydrogen-bond donors (Lipinski definition) is 0. The predicted molar refractivity (Wildman–Crippen MR) is 68.2 cm³/mol. The Hall–Kier alpha value is -1.74. The second kappa shape index (κ2) is 7.56. The number of rotatable bonds is 7. The highest BCUT2D eigenvalue weighted by Crippen LogP contribution is 2.28. The van der Waals surface area contributed by atoms with Crippen LogP contribution in [-0.2, 0) is 9.59 Å². The Kier molecular flexibility index (Phi) is 6.01. The summed E-state index contributed by atoms with van der Waals surface area (Å²) in [5.41, 5.74) is 0.696. The molecule has 0 saturated carbocycles. The van der Waals surface area contributed by atoms with Crippen LogP contribution in [0.4, 0.5) is 0 Å². The summed E-state index contributed by atoms with van der Waals surface area (Å²) in [6.07, 6.45) is 3.54. The quantitative estimate of drug-likeness (QED) is 0.431. The summed E-state index contributed by atoms with van der Waals surface area (Å²) < 4.78 is 5.21. The van der Waals surface area contributed by atoms with Gasteiger partial charge in [0.05, 0.1) is 5.69 Å². The maximum atomic E-state index is 10.4. The van der Waals surface area contributed by atoms with Crippen molar-refractivity contribution in [2.45, 2.75) is 26.3 Å². The van der Waals surface area contributed by atoms with E-state index in [0.717, 1.165) is 6.42 Å². The molecule has 0 aliphatic heterocycles. The number of isocyanates is 1. The molecule has 0 aromatic carbocycles. The monoisotopic (exact) mass is 266 g/mol. The minimum atomic E-state index is -0.280. The first-order chi connectivity index (χ1) is 8.67. The highest BCUT2D eigenvalue weighted by molar-refractivity contribution is 7.11. The standard InChI is InChI=1S/C12H14N2O3S/c1-9(2)6-10(13-8-16)11-7-18-12(14-11)17-5-3-4-15/h3,7,9-10H,5-6H2,1-2H3. The van der Waals surface area contributed by atoms with Crippen molar-refractivity contribution < 1.29 is 14.3 Å². The van der Waals surface area contributed by atoms with Crippen molar-refractivity contribution in [3.8, 4) is 5.19 Å². The van der Waals surface area contributed by atoms with E-state index in [-0.39, 0.29) is 12.6 Å². The van der Waals surface area contributed by atoms with Crippen molar-refractivity contribution in [1.82, 2.24) is 4.98 Å². The van der Waals surface area contributed by atoms with Gasteiger partial charge in [-0.2, -0.15) is 4.99 Å². The largest absolute Gasteiger partial charge is 0.465 e. The van der Waals surface area contributed by atoms with Gasteiger partial charge in [-0.05, 0) is 12.3 Å². The van der Waals surface area contributed by atoms with Gasteiger partial charge in [-0.1, -0.05) is 25.2 Å². The molecule has 0 bridgehead atoms. The lowest BCUT2D eigenvalue weighted by atomic mass is 10.0. The van der Waals surface area contributed by atoms with E-state index in [2.05, 4.69) is 9.98 Å². The summed E-state index contributed by atoms with van der Waals surface area (Å²) in [5.74, 6) is 2.02. The van der Waals surface area contributed by atoms with Crippen LogP contribution >= 0.6 is 11.3 Å². The summed E-state index contributed by atoms with van der Waals surface area (Å²) in [5, 5.41) is 2.25. The van der Waals surface area contributed by atoms with E-state index >= 15 is 0 Å². The molecule has 0 amide bonds. The van der Waals surface area contributed by atoms with Gasteiger partial charge < -0.3 is 4.74 Å². The Morgan fingerprint density at radius 3 is 2.94 bits per heavy atom. The Morgan fingerprint density at radius 2 is 2.33 bits per heavy atom. The van der Waals surface area contributed by atoms with E-state index in [1.54, 1.807) is 17.4 Å². The summed E-state index contributed by atoms with van der Waals surface area (Å²) >= 11 is 1.31. The van der Waals surface area contributed by atoms with Crippen LogP contribution < -0.4 is 4.74 Å². The Morgan fingerprint density at radius 1 is 1.56 bits per heavy atom. The van der Waals surface area contributed by atoms with Crippen LogP contribution in [0.25, 0.3) is 0 Å². The second-order valence-electron chi connectivity index (χ2n) is 4.04. The van der Waals surface area contributed by atoms with Gasteiger partial charge in [-0.15, -0.1) is 0 Å². The van der Waals surface area contributed by atoms with Crippen LogP contribution in [0.5, 0.6) is 5.19 Å². The summed E-state index contributed by atoms with van der Waals surface area (Å²) in [4.78, 5) is 28.4. The van der Waals surface area contributed by atoms with Crippen molar-refractivity contribution in [3.63, 3.8) is 0 Å². The average Bonchev–Trinajstić information content (AvgIpc) is 2.77. The van der Waals surface area contributed by atoms with Gasteiger partial charge in [0.25, 0.3) is 5.19 Å². The molecule has 18 heavy (non-hydrogen) atoms. The number of ether oxygens (including phenoxy) is 1. The zero-order chi connectivity index (χ0) is 13.4. The molecule has 0 aliphatic rings. The van der Waals surface area contributed by atoms with Crippen LogP contribution in [0, 0.1) is 5.92 Å². The van der Waals surface area contributed by atoms with Gasteiger partial charge in [0.2, 0.25) is 6.08 Å². The normalized spacial score (nSPS) is 11.5. The van der Waals surface area contributed by atoms with Gasteiger partial charge in [0.1, 0.15) is 18.6 Å². The van der Waals surface area contributed by atoms with Crippen LogP contribution in [0.1, 0.15) is 32.0 Å². The van der Waals surface area contributed by atoms with Crippen LogP contribution in [-0.4, -0.2) is 23.6 Å². The van der Waals surface area contributed by atoms with Gasteiger partial charge in [0, 0.05) is 11.5 Å². The minimum Gasteiger partial charge on any atom is -0.465 e. The number of thiazole rings is 1. The molecule has 0 radical (unpaired) electrons. The summed E-state index contributed by atoms with van der Waals surface area (Å²) in [7, 11) is 0. The third kappa shape index (κ3) is 4.63. The fourth-order valence-corrected chi connectivity index (χ4v) is 2.11. The molecule has 6 heteroatoms. The molecule has 1 heterocycles. The first-order valence-electron chi connectivity index (χ1n) is 5.52. The van der Waals surface area contributed by atoms with Crippen LogP contribution in [0.15, 0.2) is 16.4 Å². The van der Waals surface area contributed by atoms with E-state index in [1.165, 1.54) is 17.4 Å². The van der Waals surface area contributed by atoms with E-state index in [1.807, 2.05) is 13.8 Å². The van der Waals surface area contributed by atoms with E-state index in [0.29, 0.717) is 16.8 Å². The fourth-order valence-electron chi connectivity index (χ4n) is 1.38. The van der Waals surface area contributed by atoms with Gasteiger partial charge >= 0.3 is 0 Å². The molecule has 1 rings (SSSR count). The van der Waals surface area contributed by atoms with Crippen molar-refractivity contribution in [3.05, 3.63) is 17.2 Å². The lowest BCUT2D eigenvalue weighted by Gasteiger charge is -2.09. The smallest absolute Gasteiger partial charge is 0.273 e.